The summed E-state index contributed by atoms with van der Waals surface area (Å²) >= 11 is 0. The molecule has 1 aliphatic heterocycles. The highest BCUT2D eigenvalue weighted by molar-refractivity contribution is 7.58. The molecule has 0 spiro atoms. The summed E-state index contributed by atoms with van der Waals surface area (Å²) in [5.41, 5.74) is 0. The Bertz CT molecular complexity index is 131. The minimum absolute atomic E-state index is 0.942. The predicted molar refractivity (Wildman–Crippen MR) is 36.6 cm³/mol. The van der Waals surface area contributed by atoms with Gasteiger partial charge in [0.25, 0.3) is 0 Å². The second-order valence-corrected chi connectivity index (χ2v) is 2.80. The molecule has 0 saturated carbocycles. The summed E-state index contributed by atoms with van der Waals surface area (Å²) in [5, 5.41) is 0. The Labute approximate surface area is 49.9 Å². The van der Waals surface area contributed by atoms with Crippen molar-refractivity contribution in [1.82, 2.24) is 0 Å². The highest BCUT2D eigenvalue weighted by Crippen LogP contribution is 2.33. The van der Waals surface area contributed by atoms with E-state index in [4.69, 9.17) is 4.89 Å². The van der Waals surface area contributed by atoms with E-state index in [9.17, 15) is 0 Å². The molecule has 0 fully saturated rings. The van der Waals surface area contributed by atoms with E-state index in [1.807, 2.05) is 24.3 Å². The van der Waals surface area contributed by atoms with E-state index in [0.29, 0.717) is 0 Å². The Hall–Kier alpha value is -0.390. The summed E-state index contributed by atoms with van der Waals surface area (Å²) in [6.45, 7) is 0. The molecule has 0 radical (unpaired) electrons. The first-order valence-corrected chi connectivity index (χ1v) is 3.82. The predicted octanol–water partition coefficient (Wildman–Crippen LogP) is 1.97. The first-order chi connectivity index (χ1) is 3.89. The van der Waals surface area contributed by atoms with Crippen LogP contribution in [0.4, 0.5) is 0 Å². The lowest BCUT2D eigenvalue weighted by atomic mass is 10.5. The van der Waals surface area contributed by atoms with E-state index >= 15 is 0 Å². The Morgan fingerprint density at radius 1 is 0.875 bits per heavy atom. The Morgan fingerprint density at radius 2 is 1.38 bits per heavy atom. The third-order valence-electron chi connectivity index (χ3n) is 0.811. The molecule has 1 N–H and O–H groups in total. The lowest BCUT2D eigenvalue weighted by Gasteiger charge is -1.90. The number of hydrogen-bond donors (Lipinski definition) is 1. The molecule has 1 nitrogen and oxygen atoms in total. The third kappa shape index (κ3) is 1.61. The summed E-state index contributed by atoms with van der Waals surface area (Å²) in [6.07, 6.45) is 7.50. The highest BCUT2D eigenvalue weighted by Gasteiger charge is 1.88. The molecule has 2 heteroatoms. The van der Waals surface area contributed by atoms with E-state index < -0.39 is 8.15 Å². The van der Waals surface area contributed by atoms with Crippen molar-refractivity contribution in [2.45, 2.75) is 0 Å². The molecule has 0 aromatic carbocycles. The zero-order valence-electron chi connectivity index (χ0n) is 4.36. The van der Waals surface area contributed by atoms with Crippen molar-refractivity contribution in [3.05, 3.63) is 35.9 Å². The van der Waals surface area contributed by atoms with Crippen molar-refractivity contribution in [2.24, 2.45) is 0 Å². The highest BCUT2D eigenvalue weighted by atomic mass is 31.1. The van der Waals surface area contributed by atoms with Gasteiger partial charge in [0.1, 0.15) is 0 Å². The summed E-state index contributed by atoms with van der Waals surface area (Å²) in [4.78, 5) is 8.94. The van der Waals surface area contributed by atoms with Crippen LogP contribution in [0.2, 0.25) is 0 Å². The molecular weight excluding hydrogens is 119 g/mol. The van der Waals surface area contributed by atoms with Crippen LogP contribution in [-0.2, 0) is 0 Å². The van der Waals surface area contributed by atoms with Crippen LogP contribution in [0.15, 0.2) is 35.9 Å². The fourth-order valence-corrected chi connectivity index (χ4v) is 1.10. The van der Waals surface area contributed by atoms with E-state index in [-0.39, 0.29) is 0 Å². The van der Waals surface area contributed by atoms with Crippen LogP contribution in [0.5, 0.6) is 0 Å². The van der Waals surface area contributed by atoms with Crippen LogP contribution in [0.25, 0.3) is 0 Å². The van der Waals surface area contributed by atoms with E-state index in [1.54, 1.807) is 11.6 Å². The smallest absolute Gasteiger partial charge is 0.0728 e. The van der Waals surface area contributed by atoms with Crippen LogP contribution in [0, 0.1) is 0 Å². The van der Waals surface area contributed by atoms with Gasteiger partial charge in [-0.2, -0.15) is 0 Å². The largest absolute Gasteiger partial charge is 0.365 e. The van der Waals surface area contributed by atoms with E-state index in [2.05, 4.69) is 0 Å². The fraction of sp³-hybridized carbons (Fsp3) is 0. The minimum Gasteiger partial charge on any atom is -0.365 e. The normalized spacial score (nSPS) is 19.1. The topological polar surface area (TPSA) is 20.2 Å². The second-order valence-electron chi connectivity index (χ2n) is 1.45. The maximum Gasteiger partial charge on any atom is 0.0728 e. The zero-order chi connectivity index (χ0) is 5.82. The van der Waals surface area contributed by atoms with Gasteiger partial charge in [-0.25, -0.2) is 0 Å². The van der Waals surface area contributed by atoms with Gasteiger partial charge in [-0.05, 0) is 11.6 Å². The number of rotatable bonds is 0. The molecule has 0 saturated heterocycles. The quantitative estimate of drug-likeness (QED) is 0.492. The maximum absolute atomic E-state index is 8.94. The lowest BCUT2D eigenvalue weighted by Crippen LogP contribution is -1.52. The van der Waals surface area contributed by atoms with E-state index in [1.165, 1.54) is 0 Å². The van der Waals surface area contributed by atoms with Gasteiger partial charge in [0.15, 0.2) is 0 Å². The van der Waals surface area contributed by atoms with Gasteiger partial charge in [-0.1, -0.05) is 24.3 Å². The van der Waals surface area contributed by atoms with E-state index in [0.717, 1.165) is 0 Å². The summed E-state index contributed by atoms with van der Waals surface area (Å²) in [5.74, 6) is 3.57. The molecule has 0 aromatic rings. The van der Waals surface area contributed by atoms with Crippen LogP contribution in [-0.4, -0.2) is 4.89 Å². The molecule has 0 unspecified atom stereocenters. The van der Waals surface area contributed by atoms with Crippen LogP contribution in [0.3, 0.4) is 0 Å². The Morgan fingerprint density at radius 3 is 1.88 bits per heavy atom. The first-order valence-electron chi connectivity index (χ1n) is 2.38. The minimum atomic E-state index is -0.942. The van der Waals surface area contributed by atoms with Crippen LogP contribution < -0.4 is 0 Å². The third-order valence-corrected chi connectivity index (χ3v) is 1.77. The molecule has 0 amide bonds. The van der Waals surface area contributed by atoms with Crippen molar-refractivity contribution in [1.29, 1.82) is 0 Å². The van der Waals surface area contributed by atoms with Crippen molar-refractivity contribution >= 4 is 8.15 Å². The molecule has 1 rings (SSSR count). The van der Waals surface area contributed by atoms with Gasteiger partial charge >= 0.3 is 0 Å². The molecule has 42 valence electrons. The van der Waals surface area contributed by atoms with Crippen molar-refractivity contribution in [3.63, 3.8) is 0 Å². The maximum atomic E-state index is 8.94. The second kappa shape index (κ2) is 2.81. The van der Waals surface area contributed by atoms with Gasteiger partial charge in [0.05, 0.1) is 8.15 Å². The summed E-state index contributed by atoms with van der Waals surface area (Å²) in [7, 11) is -0.942. The lowest BCUT2D eigenvalue weighted by molar-refractivity contribution is 0.643. The monoisotopic (exact) mass is 126 g/mol. The summed E-state index contributed by atoms with van der Waals surface area (Å²) in [6, 6.07) is 0. The first kappa shape index (κ1) is 5.74. The van der Waals surface area contributed by atoms with Crippen molar-refractivity contribution in [3.8, 4) is 0 Å². The number of hydrogen-bond acceptors (Lipinski definition) is 1. The van der Waals surface area contributed by atoms with Gasteiger partial charge < -0.3 is 4.89 Å². The fourth-order valence-electron chi connectivity index (χ4n) is 0.454. The number of allylic oxidation sites excluding steroid dienone is 4. The molecular formula is C6H7OP. The molecule has 0 bridgehead atoms. The standard InChI is InChI=1S/C6H7OP/c7-8-5-3-1-2-4-6-8/h1-7H. The van der Waals surface area contributed by atoms with Crippen molar-refractivity contribution < 1.29 is 4.89 Å². The Balaban J connectivity index is 2.66. The van der Waals surface area contributed by atoms with Gasteiger partial charge in [0.2, 0.25) is 0 Å². The molecule has 1 heterocycles. The van der Waals surface area contributed by atoms with Gasteiger partial charge in [-0.15, -0.1) is 0 Å². The van der Waals surface area contributed by atoms with Crippen LogP contribution >= 0.6 is 8.15 Å². The van der Waals surface area contributed by atoms with Gasteiger partial charge in [0, 0.05) is 0 Å². The summed E-state index contributed by atoms with van der Waals surface area (Å²) < 4.78 is 0. The molecule has 8 heavy (non-hydrogen) atoms. The average Bonchev–Trinajstić information content (AvgIpc) is 1.94. The average molecular weight is 126 g/mol. The molecule has 0 aliphatic carbocycles. The van der Waals surface area contributed by atoms with Crippen molar-refractivity contribution in [2.75, 3.05) is 0 Å². The molecule has 1 aliphatic rings. The SMILES string of the molecule is OP1C=CC=CC=C1. The van der Waals surface area contributed by atoms with Gasteiger partial charge in [-0.3, -0.25) is 0 Å². The Kier molecular flexibility index (Phi) is 2.01. The van der Waals surface area contributed by atoms with Crippen LogP contribution in [0.1, 0.15) is 0 Å². The zero-order valence-corrected chi connectivity index (χ0v) is 5.25. The molecule has 0 aromatic heterocycles. The molecule has 0 atom stereocenters.